The molecule has 0 spiro atoms. The molecule has 0 bridgehead atoms. The second-order valence-corrected chi connectivity index (χ2v) is 7.85. The van der Waals surface area contributed by atoms with E-state index in [2.05, 4.69) is 27.4 Å². The lowest BCUT2D eigenvalue weighted by molar-refractivity contribution is 0.749. The normalized spacial score (nSPS) is 13.1. The van der Waals surface area contributed by atoms with Crippen molar-refractivity contribution < 1.29 is 0 Å². The Hall–Kier alpha value is 0.530. The van der Waals surface area contributed by atoms with Crippen LogP contribution in [0.25, 0.3) is 0 Å². The SMILES string of the molecule is C=C(C)CS(CC(C)C)=S=S. The smallest absolute Gasteiger partial charge is 0.0184 e. The van der Waals surface area contributed by atoms with Gasteiger partial charge in [0.1, 0.15) is 0 Å². The molecule has 1 unspecified atom stereocenters. The van der Waals surface area contributed by atoms with E-state index in [9.17, 15) is 0 Å². The summed E-state index contributed by atoms with van der Waals surface area (Å²) in [4.78, 5) is 0. The molecule has 11 heavy (non-hydrogen) atoms. The van der Waals surface area contributed by atoms with E-state index in [0.717, 1.165) is 11.7 Å². The van der Waals surface area contributed by atoms with Crippen molar-refractivity contribution in [1.82, 2.24) is 0 Å². The first-order valence-corrected chi connectivity index (χ1v) is 7.50. The molecule has 0 aliphatic carbocycles. The van der Waals surface area contributed by atoms with Crippen LogP contribution in [0.1, 0.15) is 20.8 Å². The van der Waals surface area contributed by atoms with Crippen LogP contribution in [-0.4, -0.2) is 11.5 Å². The van der Waals surface area contributed by atoms with Crippen molar-refractivity contribution >= 4 is 29.5 Å². The van der Waals surface area contributed by atoms with E-state index in [4.69, 9.17) is 11.2 Å². The average Bonchev–Trinajstić information content (AvgIpc) is 1.84. The van der Waals surface area contributed by atoms with E-state index in [0.29, 0.717) is 9.45 Å². The first kappa shape index (κ1) is 11.5. The molecule has 0 saturated carbocycles. The van der Waals surface area contributed by atoms with Crippen molar-refractivity contribution in [1.29, 1.82) is 0 Å². The fraction of sp³-hybridized carbons (Fsp3) is 0.750. The highest BCUT2D eigenvalue weighted by Crippen LogP contribution is 2.00. The Balaban J connectivity index is 3.99. The van der Waals surface area contributed by atoms with Gasteiger partial charge in [-0.05, 0) is 32.9 Å². The Morgan fingerprint density at radius 2 is 2.18 bits per heavy atom. The van der Waals surface area contributed by atoms with E-state index in [1.807, 2.05) is 0 Å². The molecule has 0 aromatic carbocycles. The molecule has 0 heterocycles. The number of hydrogen-bond acceptors (Lipinski definition) is 1. The summed E-state index contributed by atoms with van der Waals surface area (Å²) in [5.74, 6) is 3.10. The lowest BCUT2D eigenvalue weighted by Gasteiger charge is -2.07. The molecule has 0 radical (unpaired) electrons. The van der Waals surface area contributed by atoms with Crippen LogP contribution in [0.5, 0.6) is 0 Å². The summed E-state index contributed by atoms with van der Waals surface area (Å²) in [6, 6.07) is 0. The van der Waals surface area contributed by atoms with E-state index >= 15 is 0 Å². The quantitative estimate of drug-likeness (QED) is 0.639. The van der Waals surface area contributed by atoms with Gasteiger partial charge in [-0.1, -0.05) is 26.0 Å². The first-order chi connectivity index (χ1) is 5.06. The minimum atomic E-state index is 0.340. The third kappa shape index (κ3) is 6.91. The Labute approximate surface area is 79.9 Å². The maximum absolute atomic E-state index is 5.00. The number of rotatable bonds is 4. The zero-order chi connectivity index (χ0) is 8.85. The van der Waals surface area contributed by atoms with Crippen LogP contribution >= 0.6 is 0 Å². The van der Waals surface area contributed by atoms with Gasteiger partial charge in [-0.25, -0.2) is 0 Å². The van der Waals surface area contributed by atoms with Crippen LogP contribution in [0.15, 0.2) is 12.2 Å². The first-order valence-electron chi connectivity index (χ1n) is 3.68. The fourth-order valence-electron chi connectivity index (χ4n) is 0.757. The van der Waals surface area contributed by atoms with Gasteiger partial charge >= 0.3 is 0 Å². The maximum Gasteiger partial charge on any atom is 0.0184 e. The summed E-state index contributed by atoms with van der Waals surface area (Å²) in [6.45, 7) is 10.5. The molecule has 3 heteroatoms. The molecule has 0 nitrogen and oxygen atoms in total. The molecule has 0 saturated heterocycles. The zero-order valence-corrected chi connectivity index (χ0v) is 9.87. The maximum atomic E-state index is 5.00. The van der Waals surface area contributed by atoms with Gasteiger partial charge in [0.15, 0.2) is 0 Å². The molecular weight excluding hydrogens is 192 g/mol. The van der Waals surface area contributed by atoms with Crippen LogP contribution in [0, 0.1) is 5.92 Å². The minimum Gasteiger partial charge on any atom is -0.117 e. The van der Waals surface area contributed by atoms with Crippen LogP contribution in [-0.2, 0) is 29.5 Å². The molecule has 0 aliphatic rings. The minimum absolute atomic E-state index is 0.340. The van der Waals surface area contributed by atoms with E-state index in [-0.39, 0.29) is 0 Å². The lowest BCUT2D eigenvalue weighted by Crippen LogP contribution is -2.07. The predicted molar refractivity (Wildman–Crippen MR) is 61.5 cm³/mol. The number of hydrogen-bond donors (Lipinski definition) is 0. The van der Waals surface area contributed by atoms with Gasteiger partial charge in [0.05, 0.1) is 0 Å². The molecule has 0 amide bonds. The molecule has 66 valence electrons. The van der Waals surface area contributed by atoms with Crippen molar-refractivity contribution in [3.05, 3.63) is 12.2 Å². The fourth-order valence-corrected chi connectivity index (χ4v) is 4.94. The summed E-state index contributed by atoms with van der Waals surface area (Å²) in [6.07, 6.45) is 0. The molecule has 0 N–H and O–H groups in total. The summed E-state index contributed by atoms with van der Waals surface area (Å²) in [5.41, 5.74) is 1.26. The summed E-state index contributed by atoms with van der Waals surface area (Å²) < 4.78 is 0. The Kier molecular flexibility index (Phi) is 6.38. The van der Waals surface area contributed by atoms with E-state index in [1.54, 1.807) is 8.88 Å². The van der Waals surface area contributed by atoms with Gasteiger partial charge in [-0.15, -0.1) is 9.45 Å². The summed E-state index contributed by atoms with van der Waals surface area (Å²) >= 11 is 5.00. The highest BCUT2D eigenvalue weighted by Gasteiger charge is 1.99. The largest absolute Gasteiger partial charge is 0.117 e. The van der Waals surface area contributed by atoms with Gasteiger partial charge in [0, 0.05) is 11.5 Å². The second-order valence-electron chi connectivity index (χ2n) is 3.17. The molecule has 1 atom stereocenters. The molecular formula is C8H16S3. The lowest BCUT2D eigenvalue weighted by atomic mass is 10.3. The highest BCUT2D eigenvalue weighted by atomic mass is 33.1. The average molecular weight is 208 g/mol. The standard InChI is InChI=1S/C8H16S3/c1-7(2)5-11(10-9)6-8(3)4/h8H,1,5-6H2,2-4H3. The Bertz CT molecular complexity index is 188. The van der Waals surface area contributed by atoms with Crippen LogP contribution < -0.4 is 0 Å². The molecule has 0 fully saturated rings. The topological polar surface area (TPSA) is 0 Å². The van der Waals surface area contributed by atoms with Crippen LogP contribution in [0.4, 0.5) is 0 Å². The third-order valence-corrected chi connectivity index (χ3v) is 6.14. The van der Waals surface area contributed by atoms with Crippen molar-refractivity contribution in [2.45, 2.75) is 20.8 Å². The van der Waals surface area contributed by atoms with Gasteiger partial charge < -0.3 is 0 Å². The highest BCUT2D eigenvalue weighted by molar-refractivity contribution is 8.48. The Morgan fingerprint density at radius 1 is 1.64 bits per heavy atom. The zero-order valence-electron chi connectivity index (χ0n) is 7.42. The van der Waals surface area contributed by atoms with Gasteiger partial charge in [0.25, 0.3) is 0 Å². The van der Waals surface area contributed by atoms with Crippen molar-refractivity contribution in [3.63, 3.8) is 0 Å². The second kappa shape index (κ2) is 6.09. The van der Waals surface area contributed by atoms with Gasteiger partial charge in [-0.2, -0.15) is 0 Å². The van der Waals surface area contributed by atoms with Gasteiger partial charge in [0.2, 0.25) is 0 Å². The Morgan fingerprint density at radius 3 is 2.45 bits per heavy atom. The molecule has 0 rings (SSSR count). The van der Waals surface area contributed by atoms with Crippen molar-refractivity contribution in [2.75, 3.05) is 11.5 Å². The van der Waals surface area contributed by atoms with Crippen LogP contribution in [0.3, 0.4) is 0 Å². The monoisotopic (exact) mass is 208 g/mol. The summed E-state index contributed by atoms with van der Waals surface area (Å²) in [7, 11) is 1.92. The van der Waals surface area contributed by atoms with Crippen molar-refractivity contribution in [3.8, 4) is 0 Å². The predicted octanol–water partition coefficient (Wildman–Crippen LogP) is 2.30. The third-order valence-electron chi connectivity index (χ3n) is 1.02. The van der Waals surface area contributed by atoms with E-state index < -0.39 is 0 Å². The van der Waals surface area contributed by atoms with Crippen LogP contribution in [0.2, 0.25) is 0 Å². The molecule has 0 aromatic heterocycles. The molecule has 0 aliphatic heterocycles. The van der Waals surface area contributed by atoms with E-state index in [1.165, 1.54) is 11.3 Å². The van der Waals surface area contributed by atoms with Gasteiger partial charge in [-0.3, -0.25) is 0 Å². The summed E-state index contributed by atoms with van der Waals surface area (Å²) in [5, 5.41) is 0. The molecule has 0 aromatic rings. The van der Waals surface area contributed by atoms with Crippen molar-refractivity contribution in [2.24, 2.45) is 5.92 Å².